The molecule has 27 heavy (non-hydrogen) atoms. The summed E-state index contributed by atoms with van der Waals surface area (Å²) in [5.41, 5.74) is 1.13. The van der Waals surface area contributed by atoms with Crippen molar-refractivity contribution in [3.63, 3.8) is 0 Å². The summed E-state index contributed by atoms with van der Waals surface area (Å²) in [5.74, 6) is 1.51. The highest BCUT2D eigenvalue weighted by atomic mass is 16.6. The van der Waals surface area contributed by atoms with Crippen molar-refractivity contribution in [2.45, 2.75) is 31.7 Å². The van der Waals surface area contributed by atoms with Gasteiger partial charge in [0.05, 0.1) is 31.5 Å². The molecule has 0 spiro atoms. The molecule has 1 unspecified atom stereocenters. The largest absolute Gasteiger partial charge is 0.486 e. The first kappa shape index (κ1) is 19.0. The number of fused-ring (bicyclic) bond motifs is 1. The minimum absolute atomic E-state index is 0.0232. The molecular formula is C20H24N4O3. The van der Waals surface area contributed by atoms with Crippen LogP contribution < -0.4 is 9.47 Å². The van der Waals surface area contributed by atoms with Gasteiger partial charge in [-0.15, -0.1) is 0 Å². The fourth-order valence-corrected chi connectivity index (χ4v) is 3.66. The fourth-order valence-electron chi connectivity index (χ4n) is 3.66. The van der Waals surface area contributed by atoms with Gasteiger partial charge in [-0.25, -0.2) is 0 Å². The molecular weight excluding hydrogens is 344 g/mol. The Hall–Kier alpha value is -2.77. The minimum atomic E-state index is -0.0232. The van der Waals surface area contributed by atoms with Crippen LogP contribution in [0.15, 0.2) is 18.2 Å². The molecule has 0 aromatic heterocycles. The van der Waals surface area contributed by atoms with Gasteiger partial charge in [-0.05, 0) is 37.1 Å². The third-order valence-corrected chi connectivity index (χ3v) is 4.99. The van der Waals surface area contributed by atoms with E-state index < -0.39 is 0 Å². The van der Waals surface area contributed by atoms with Gasteiger partial charge in [-0.3, -0.25) is 9.69 Å². The maximum Gasteiger partial charge on any atom is 0.236 e. The average molecular weight is 368 g/mol. The molecule has 1 amide bonds. The van der Waals surface area contributed by atoms with Gasteiger partial charge >= 0.3 is 0 Å². The highest BCUT2D eigenvalue weighted by Crippen LogP contribution is 2.37. The van der Waals surface area contributed by atoms with E-state index in [4.69, 9.17) is 20.0 Å². The van der Waals surface area contributed by atoms with E-state index in [1.165, 1.54) is 0 Å². The molecule has 1 atom stereocenters. The van der Waals surface area contributed by atoms with Crippen molar-refractivity contribution < 1.29 is 14.3 Å². The molecule has 142 valence electrons. The molecule has 2 aliphatic heterocycles. The molecule has 1 fully saturated rings. The van der Waals surface area contributed by atoms with Gasteiger partial charge in [-0.1, -0.05) is 6.07 Å². The second kappa shape index (κ2) is 9.25. The van der Waals surface area contributed by atoms with Gasteiger partial charge in [0.25, 0.3) is 0 Å². The molecule has 0 bridgehead atoms. The molecule has 0 saturated carbocycles. The Bertz CT molecular complexity index is 735. The van der Waals surface area contributed by atoms with Crippen molar-refractivity contribution in [2.24, 2.45) is 0 Å². The van der Waals surface area contributed by atoms with Crippen LogP contribution in [0.1, 0.15) is 37.3 Å². The number of rotatable bonds is 7. The molecule has 0 N–H and O–H groups in total. The van der Waals surface area contributed by atoms with Crippen molar-refractivity contribution in [3.8, 4) is 23.6 Å². The fraction of sp³-hybridized carbons (Fsp3) is 0.550. The summed E-state index contributed by atoms with van der Waals surface area (Å²) in [5, 5.41) is 17.6. The maximum atomic E-state index is 12.7. The molecule has 3 rings (SSSR count). The van der Waals surface area contributed by atoms with Crippen LogP contribution in [0.25, 0.3) is 0 Å². The Labute approximate surface area is 159 Å². The minimum Gasteiger partial charge on any atom is -0.486 e. The normalized spacial score (nSPS) is 18.5. The summed E-state index contributed by atoms with van der Waals surface area (Å²) in [6.07, 6.45) is 2.58. The number of nitriles is 2. The first-order chi connectivity index (χ1) is 13.2. The average Bonchev–Trinajstić information content (AvgIpc) is 3.15. The SMILES string of the molecule is N#CCCN(CCC#N)C(=O)CN1CCCC1c1ccc2c(c1)OCCO2. The zero-order valence-electron chi connectivity index (χ0n) is 15.4. The standard InChI is InChI=1S/C20H24N4O3/c21-7-2-10-23(11-3-8-22)20(25)15-24-9-1-4-17(24)16-5-6-18-19(14-16)27-13-12-26-18/h5-6,14,17H,1-4,9-13,15H2. The molecule has 1 aromatic rings. The Morgan fingerprint density at radius 2 is 1.85 bits per heavy atom. The Balaban J connectivity index is 1.67. The summed E-state index contributed by atoms with van der Waals surface area (Å²) < 4.78 is 11.3. The molecule has 0 aliphatic carbocycles. The maximum absolute atomic E-state index is 12.7. The quantitative estimate of drug-likeness (QED) is 0.733. The van der Waals surface area contributed by atoms with Crippen LogP contribution in [0.5, 0.6) is 11.5 Å². The van der Waals surface area contributed by atoms with Crippen molar-refractivity contribution >= 4 is 5.91 Å². The summed E-state index contributed by atoms with van der Waals surface area (Å²) >= 11 is 0. The number of hydrogen-bond donors (Lipinski definition) is 0. The highest BCUT2D eigenvalue weighted by Gasteiger charge is 2.30. The van der Waals surface area contributed by atoms with Crippen molar-refractivity contribution in [1.29, 1.82) is 10.5 Å². The second-order valence-electron chi connectivity index (χ2n) is 6.73. The Kier molecular flexibility index (Phi) is 6.51. The molecule has 2 heterocycles. The van der Waals surface area contributed by atoms with Gasteiger partial charge in [-0.2, -0.15) is 10.5 Å². The number of benzene rings is 1. The Morgan fingerprint density at radius 1 is 1.15 bits per heavy atom. The van der Waals surface area contributed by atoms with Gasteiger partial charge < -0.3 is 14.4 Å². The molecule has 1 saturated heterocycles. The van der Waals surface area contributed by atoms with Gasteiger partial charge in [0.1, 0.15) is 13.2 Å². The predicted molar refractivity (Wildman–Crippen MR) is 98.0 cm³/mol. The lowest BCUT2D eigenvalue weighted by Crippen LogP contribution is -2.41. The summed E-state index contributed by atoms with van der Waals surface area (Å²) in [6, 6.07) is 10.3. The van der Waals surface area contributed by atoms with Crippen LogP contribution in [-0.2, 0) is 4.79 Å². The van der Waals surface area contributed by atoms with E-state index in [2.05, 4.69) is 17.0 Å². The van der Waals surface area contributed by atoms with Crippen LogP contribution in [0.3, 0.4) is 0 Å². The monoisotopic (exact) mass is 368 g/mol. The van der Waals surface area contributed by atoms with Crippen LogP contribution in [0.2, 0.25) is 0 Å². The number of carbonyl (C=O) groups excluding carboxylic acids is 1. The summed E-state index contributed by atoms with van der Waals surface area (Å²) in [7, 11) is 0. The third-order valence-electron chi connectivity index (χ3n) is 4.99. The van der Waals surface area contributed by atoms with Crippen LogP contribution in [0, 0.1) is 22.7 Å². The topological polar surface area (TPSA) is 89.6 Å². The van der Waals surface area contributed by atoms with E-state index in [1.807, 2.05) is 18.2 Å². The van der Waals surface area contributed by atoms with Gasteiger partial charge in [0.15, 0.2) is 11.5 Å². The number of hydrogen-bond acceptors (Lipinski definition) is 6. The van der Waals surface area contributed by atoms with E-state index in [0.29, 0.717) is 32.8 Å². The van der Waals surface area contributed by atoms with E-state index in [0.717, 1.165) is 36.4 Å². The lowest BCUT2D eigenvalue weighted by atomic mass is 10.0. The van der Waals surface area contributed by atoms with Gasteiger partial charge in [0.2, 0.25) is 5.91 Å². The third kappa shape index (κ3) is 4.69. The zero-order valence-corrected chi connectivity index (χ0v) is 15.4. The van der Waals surface area contributed by atoms with Crippen LogP contribution in [-0.4, -0.2) is 55.1 Å². The predicted octanol–water partition coefficient (Wildman–Crippen LogP) is 2.25. The number of ether oxygens (including phenoxy) is 2. The van der Waals surface area contributed by atoms with E-state index in [9.17, 15) is 4.79 Å². The van der Waals surface area contributed by atoms with Crippen LogP contribution in [0.4, 0.5) is 0 Å². The number of carbonyl (C=O) groups is 1. The lowest BCUT2D eigenvalue weighted by molar-refractivity contribution is -0.132. The zero-order chi connectivity index (χ0) is 19.1. The highest BCUT2D eigenvalue weighted by molar-refractivity contribution is 5.78. The second-order valence-corrected chi connectivity index (χ2v) is 6.73. The van der Waals surface area contributed by atoms with E-state index in [1.54, 1.807) is 4.90 Å². The lowest BCUT2D eigenvalue weighted by Gasteiger charge is -2.29. The van der Waals surface area contributed by atoms with Crippen molar-refractivity contribution in [3.05, 3.63) is 23.8 Å². The van der Waals surface area contributed by atoms with Gasteiger partial charge in [0, 0.05) is 19.1 Å². The van der Waals surface area contributed by atoms with Crippen LogP contribution >= 0.6 is 0 Å². The summed E-state index contributed by atoms with van der Waals surface area (Å²) in [4.78, 5) is 16.6. The molecule has 7 nitrogen and oxygen atoms in total. The van der Waals surface area contributed by atoms with Crippen molar-refractivity contribution in [2.75, 3.05) is 39.4 Å². The molecule has 0 radical (unpaired) electrons. The van der Waals surface area contributed by atoms with E-state index >= 15 is 0 Å². The smallest absolute Gasteiger partial charge is 0.236 e. The number of likely N-dealkylation sites (tertiary alicyclic amines) is 1. The first-order valence-corrected chi connectivity index (χ1v) is 9.38. The summed E-state index contributed by atoms with van der Waals surface area (Å²) in [6.45, 7) is 3.03. The van der Waals surface area contributed by atoms with E-state index in [-0.39, 0.29) is 24.8 Å². The molecule has 2 aliphatic rings. The first-order valence-electron chi connectivity index (χ1n) is 9.38. The molecule has 1 aromatic carbocycles. The molecule has 7 heteroatoms. The van der Waals surface area contributed by atoms with Crippen molar-refractivity contribution in [1.82, 2.24) is 9.80 Å². The Morgan fingerprint density at radius 3 is 2.56 bits per heavy atom. The number of amides is 1. The number of nitrogens with zero attached hydrogens (tertiary/aromatic N) is 4.